The van der Waals surface area contributed by atoms with Crippen LogP contribution in [0.3, 0.4) is 0 Å². The predicted molar refractivity (Wildman–Crippen MR) is 57.4 cm³/mol. The number of rotatable bonds is 1. The van der Waals surface area contributed by atoms with Crippen LogP contribution in [0.1, 0.15) is 12.8 Å². The van der Waals surface area contributed by atoms with Gasteiger partial charge in [-0.2, -0.15) is 5.26 Å². The lowest BCUT2D eigenvalue weighted by molar-refractivity contribution is 1.21. The van der Waals surface area contributed by atoms with Crippen molar-refractivity contribution >= 4 is 0 Å². The molecule has 0 aromatic carbocycles. The summed E-state index contributed by atoms with van der Waals surface area (Å²) in [5.74, 6) is 0. The van der Waals surface area contributed by atoms with Gasteiger partial charge in [-0.25, -0.2) is 0 Å². The van der Waals surface area contributed by atoms with E-state index in [1.165, 1.54) is 11.1 Å². The van der Waals surface area contributed by atoms with Crippen LogP contribution in [0.2, 0.25) is 0 Å². The zero-order valence-electron chi connectivity index (χ0n) is 7.90. The maximum Gasteiger partial charge on any atom is 0.0669 e. The molecule has 2 aliphatic rings. The van der Waals surface area contributed by atoms with Gasteiger partial charge in [-0.15, -0.1) is 0 Å². The van der Waals surface area contributed by atoms with Gasteiger partial charge in [0.25, 0.3) is 0 Å². The second-order valence-corrected chi connectivity index (χ2v) is 3.43. The summed E-state index contributed by atoms with van der Waals surface area (Å²) >= 11 is 0. The lowest BCUT2D eigenvalue weighted by atomic mass is 10.1. The van der Waals surface area contributed by atoms with E-state index in [-0.39, 0.29) is 0 Å². The third-order valence-electron chi connectivity index (χ3n) is 2.31. The first-order valence-corrected chi connectivity index (χ1v) is 4.70. The first kappa shape index (κ1) is 8.77. The van der Waals surface area contributed by atoms with Gasteiger partial charge in [0, 0.05) is 0 Å². The highest BCUT2D eigenvalue weighted by molar-refractivity contribution is 5.46. The number of nitriles is 1. The molecule has 1 heteroatoms. The van der Waals surface area contributed by atoms with Crippen LogP contribution in [0, 0.1) is 11.3 Å². The van der Waals surface area contributed by atoms with Crippen molar-refractivity contribution < 1.29 is 0 Å². The Labute approximate surface area is 84.1 Å². The van der Waals surface area contributed by atoms with E-state index in [4.69, 9.17) is 5.26 Å². The number of allylic oxidation sites excluding steroid dienone is 10. The van der Waals surface area contributed by atoms with E-state index in [1.807, 2.05) is 12.2 Å². The Morgan fingerprint density at radius 3 is 2.71 bits per heavy atom. The minimum Gasteiger partial charge on any atom is -0.198 e. The summed E-state index contributed by atoms with van der Waals surface area (Å²) in [6.45, 7) is 0. The molecule has 14 heavy (non-hydrogen) atoms. The maximum absolute atomic E-state index is 8.63. The molecule has 0 spiro atoms. The molecule has 2 bridgehead atoms. The lowest BCUT2D eigenvalue weighted by Gasteiger charge is -1.98. The Morgan fingerprint density at radius 1 is 1.14 bits per heavy atom. The van der Waals surface area contributed by atoms with Crippen LogP contribution in [0.5, 0.6) is 0 Å². The monoisotopic (exact) mass is 181 g/mol. The number of hydrogen-bond donors (Lipinski definition) is 0. The van der Waals surface area contributed by atoms with Gasteiger partial charge in [-0.05, 0) is 23.1 Å². The SMILES string of the molecule is N#CCC1=CC2=CC=CC=C(C=C1)C2. The highest BCUT2D eigenvalue weighted by Crippen LogP contribution is 2.23. The van der Waals surface area contributed by atoms with E-state index < -0.39 is 0 Å². The van der Waals surface area contributed by atoms with Crippen molar-refractivity contribution in [1.82, 2.24) is 0 Å². The summed E-state index contributed by atoms with van der Waals surface area (Å²) in [4.78, 5) is 0. The highest BCUT2D eigenvalue weighted by atomic mass is 14.2. The molecular formula is C13H11N. The van der Waals surface area contributed by atoms with Gasteiger partial charge in [-0.1, -0.05) is 42.5 Å². The molecule has 0 atom stereocenters. The normalized spacial score (nSPS) is 18.6. The zero-order valence-corrected chi connectivity index (χ0v) is 7.90. The first-order valence-electron chi connectivity index (χ1n) is 4.70. The van der Waals surface area contributed by atoms with Crippen molar-refractivity contribution in [2.45, 2.75) is 12.8 Å². The molecule has 0 amide bonds. The molecule has 1 nitrogen and oxygen atoms in total. The van der Waals surface area contributed by atoms with Crippen LogP contribution in [0.25, 0.3) is 0 Å². The summed E-state index contributed by atoms with van der Waals surface area (Å²) in [7, 11) is 0. The minimum absolute atomic E-state index is 0.491. The Hall–Kier alpha value is -1.81. The van der Waals surface area contributed by atoms with E-state index in [0.29, 0.717) is 6.42 Å². The molecule has 0 N–H and O–H groups in total. The summed E-state index contributed by atoms with van der Waals surface area (Å²) in [6.07, 6.45) is 16.0. The molecular weight excluding hydrogens is 170 g/mol. The van der Waals surface area contributed by atoms with Crippen molar-refractivity contribution in [3.05, 3.63) is 59.3 Å². The summed E-state index contributed by atoms with van der Waals surface area (Å²) in [5.41, 5.74) is 3.67. The van der Waals surface area contributed by atoms with Crippen molar-refractivity contribution in [2.24, 2.45) is 0 Å². The number of nitrogens with zero attached hydrogens (tertiary/aromatic N) is 1. The van der Waals surface area contributed by atoms with E-state index in [1.54, 1.807) is 0 Å². The Kier molecular flexibility index (Phi) is 2.46. The van der Waals surface area contributed by atoms with Crippen LogP contribution in [0.4, 0.5) is 0 Å². The fourth-order valence-electron chi connectivity index (χ4n) is 1.63. The smallest absolute Gasteiger partial charge is 0.0669 e. The van der Waals surface area contributed by atoms with Crippen molar-refractivity contribution in [3.8, 4) is 6.07 Å². The summed E-state index contributed by atoms with van der Waals surface area (Å²) < 4.78 is 0. The van der Waals surface area contributed by atoms with Gasteiger partial charge in [0.15, 0.2) is 0 Å². The molecule has 0 aromatic rings. The van der Waals surface area contributed by atoms with Crippen molar-refractivity contribution in [2.75, 3.05) is 0 Å². The first-order chi connectivity index (χ1) is 6.88. The van der Waals surface area contributed by atoms with Crippen molar-refractivity contribution in [1.29, 1.82) is 5.26 Å². The fourth-order valence-corrected chi connectivity index (χ4v) is 1.63. The lowest BCUT2D eigenvalue weighted by Crippen LogP contribution is -1.79. The second kappa shape index (κ2) is 3.93. The molecule has 0 saturated heterocycles. The fraction of sp³-hybridized carbons (Fsp3) is 0.154. The van der Waals surface area contributed by atoms with Crippen LogP contribution in [0.15, 0.2) is 59.3 Å². The van der Waals surface area contributed by atoms with Gasteiger partial charge >= 0.3 is 0 Å². The molecule has 0 aromatic heterocycles. The highest BCUT2D eigenvalue weighted by Gasteiger charge is 2.05. The van der Waals surface area contributed by atoms with E-state index in [9.17, 15) is 0 Å². The maximum atomic E-state index is 8.63. The molecule has 0 fully saturated rings. The molecule has 0 radical (unpaired) electrons. The molecule has 68 valence electrons. The van der Waals surface area contributed by atoms with Crippen molar-refractivity contribution in [3.63, 3.8) is 0 Å². The standard InChI is InChI=1S/C13H11N/c14-8-7-12-6-5-11-3-1-2-4-13(9-11)10-12/h1-6,10H,7,9H2. The average Bonchev–Trinajstić information content (AvgIpc) is 2.50. The predicted octanol–water partition coefficient (Wildman–Crippen LogP) is 3.21. The largest absolute Gasteiger partial charge is 0.198 e. The quantitative estimate of drug-likeness (QED) is 0.609. The molecule has 0 saturated carbocycles. The third-order valence-corrected chi connectivity index (χ3v) is 2.31. The number of hydrogen-bond acceptors (Lipinski definition) is 1. The second-order valence-electron chi connectivity index (χ2n) is 3.43. The molecule has 2 rings (SSSR count). The van der Waals surface area contributed by atoms with Gasteiger partial charge < -0.3 is 0 Å². The summed E-state index contributed by atoms with van der Waals surface area (Å²) in [6, 6.07) is 2.18. The van der Waals surface area contributed by atoms with E-state index in [2.05, 4.69) is 36.4 Å². The van der Waals surface area contributed by atoms with Crippen LogP contribution >= 0.6 is 0 Å². The van der Waals surface area contributed by atoms with Crippen LogP contribution < -0.4 is 0 Å². The third kappa shape index (κ3) is 1.92. The van der Waals surface area contributed by atoms with Crippen LogP contribution in [-0.2, 0) is 0 Å². The van der Waals surface area contributed by atoms with Gasteiger partial charge in [0.05, 0.1) is 12.5 Å². The topological polar surface area (TPSA) is 23.8 Å². The Morgan fingerprint density at radius 2 is 1.93 bits per heavy atom. The average molecular weight is 181 g/mol. The summed E-state index contributed by atoms with van der Waals surface area (Å²) in [5, 5.41) is 8.63. The van der Waals surface area contributed by atoms with E-state index in [0.717, 1.165) is 12.0 Å². The molecule has 2 aliphatic carbocycles. The molecule has 0 unspecified atom stereocenters. The zero-order chi connectivity index (χ0) is 9.80. The van der Waals surface area contributed by atoms with Gasteiger partial charge in [-0.3, -0.25) is 0 Å². The Balaban J connectivity index is 2.37. The minimum atomic E-state index is 0.491. The van der Waals surface area contributed by atoms with Gasteiger partial charge in [0.2, 0.25) is 0 Å². The molecule has 0 aliphatic heterocycles. The molecule has 0 heterocycles. The van der Waals surface area contributed by atoms with E-state index >= 15 is 0 Å². The Bertz CT molecular complexity index is 423. The van der Waals surface area contributed by atoms with Crippen LogP contribution in [-0.4, -0.2) is 0 Å². The number of fused-ring (bicyclic) bond motifs is 2. The van der Waals surface area contributed by atoms with Gasteiger partial charge in [0.1, 0.15) is 0 Å².